The highest BCUT2D eigenvalue weighted by atomic mass is 32.1. The van der Waals surface area contributed by atoms with E-state index < -0.39 is 0 Å². The van der Waals surface area contributed by atoms with Gasteiger partial charge in [0.15, 0.2) is 0 Å². The summed E-state index contributed by atoms with van der Waals surface area (Å²) in [6, 6.07) is 65.7. The van der Waals surface area contributed by atoms with Crippen LogP contribution in [-0.2, 0) is 0 Å². The Morgan fingerprint density at radius 2 is 0.960 bits per heavy atom. The van der Waals surface area contributed by atoms with Crippen molar-refractivity contribution in [2.24, 2.45) is 0 Å². The van der Waals surface area contributed by atoms with Crippen LogP contribution >= 0.6 is 11.3 Å². The summed E-state index contributed by atoms with van der Waals surface area (Å²) in [5.41, 5.74) is 6.94. The van der Waals surface area contributed by atoms with Crippen LogP contribution in [0.1, 0.15) is 0 Å². The van der Waals surface area contributed by atoms with E-state index in [1.54, 1.807) is 11.3 Å². The van der Waals surface area contributed by atoms with E-state index in [1.165, 1.54) is 70.0 Å². The summed E-state index contributed by atoms with van der Waals surface area (Å²) in [6.07, 6.45) is 0. The summed E-state index contributed by atoms with van der Waals surface area (Å²) in [6.45, 7) is 0. The smallest absolute Gasteiger partial charge is 0.139 e. The zero-order valence-electron chi connectivity index (χ0n) is 27.1. The Hall–Kier alpha value is -6.29. The first-order chi connectivity index (χ1) is 24.8. The van der Waals surface area contributed by atoms with Crippen molar-refractivity contribution in [3.8, 4) is 22.3 Å². The van der Waals surface area contributed by atoms with Gasteiger partial charge in [-0.05, 0) is 103 Å². The minimum absolute atomic E-state index is 0.895. The molecule has 234 valence electrons. The Labute approximate surface area is 294 Å². The van der Waals surface area contributed by atoms with E-state index in [0.29, 0.717) is 0 Å². The van der Waals surface area contributed by atoms with Gasteiger partial charge in [-0.25, -0.2) is 4.98 Å². The zero-order chi connectivity index (χ0) is 33.0. The maximum Gasteiger partial charge on any atom is 0.139 e. The number of benzene rings is 8. The van der Waals surface area contributed by atoms with Crippen molar-refractivity contribution >= 4 is 81.1 Å². The number of nitrogens with zero attached hydrogens (tertiary/aromatic N) is 2. The minimum Gasteiger partial charge on any atom is -0.295 e. The lowest BCUT2D eigenvalue weighted by Gasteiger charge is -2.25. The molecule has 0 fully saturated rings. The molecule has 2 aromatic heterocycles. The molecule has 0 spiro atoms. The first kappa shape index (κ1) is 28.7. The molecule has 10 aromatic rings. The predicted molar refractivity (Wildman–Crippen MR) is 215 cm³/mol. The second-order valence-electron chi connectivity index (χ2n) is 12.8. The molecule has 0 aliphatic heterocycles. The van der Waals surface area contributed by atoms with Gasteiger partial charge in [0.05, 0.1) is 0 Å². The summed E-state index contributed by atoms with van der Waals surface area (Å²) in [5.74, 6) is 0.895. The zero-order valence-corrected chi connectivity index (χ0v) is 27.9. The molecular weight excluding hydrogens is 625 g/mol. The summed E-state index contributed by atoms with van der Waals surface area (Å²) in [5, 5.41) is 10.1. The summed E-state index contributed by atoms with van der Waals surface area (Å²) in [7, 11) is 0. The largest absolute Gasteiger partial charge is 0.295 e. The Bertz CT molecular complexity index is 2850. The van der Waals surface area contributed by atoms with Crippen LogP contribution in [0.5, 0.6) is 0 Å². The molecule has 0 amide bonds. The molecule has 50 heavy (non-hydrogen) atoms. The van der Waals surface area contributed by atoms with E-state index in [9.17, 15) is 0 Å². The molecular formula is C47H30N2S. The average Bonchev–Trinajstić information content (AvgIpc) is 3.56. The molecule has 0 radical (unpaired) electrons. The molecule has 0 aliphatic carbocycles. The third-order valence-corrected chi connectivity index (χ3v) is 11.0. The lowest BCUT2D eigenvalue weighted by Crippen LogP contribution is -2.11. The number of hydrogen-bond acceptors (Lipinski definition) is 3. The van der Waals surface area contributed by atoms with E-state index >= 15 is 0 Å². The van der Waals surface area contributed by atoms with Gasteiger partial charge in [-0.2, -0.15) is 0 Å². The number of thiophene rings is 1. The molecule has 2 nitrogen and oxygen atoms in total. The molecule has 3 heteroatoms. The standard InChI is InChI=1S/C47H30N2S/c1-2-10-31(11-3-1)32-18-23-35(24-19-32)49(46-29-28-42-41-16-8-9-17-45(41)50-47(42)48-46)36-25-20-34(21-26-36)43-30-44-37-13-5-4-12-33(37)22-27-40(44)38-14-6-7-15-39(38)43/h1-30H. The number of hydrogen-bond donors (Lipinski definition) is 0. The third kappa shape index (κ3) is 4.74. The van der Waals surface area contributed by atoms with E-state index in [2.05, 4.69) is 187 Å². The van der Waals surface area contributed by atoms with E-state index in [-0.39, 0.29) is 0 Å². The maximum absolute atomic E-state index is 5.28. The third-order valence-electron chi connectivity index (χ3n) is 9.89. The predicted octanol–water partition coefficient (Wildman–Crippen LogP) is 13.7. The van der Waals surface area contributed by atoms with Gasteiger partial charge in [-0.1, -0.05) is 133 Å². The van der Waals surface area contributed by atoms with Crippen LogP contribution in [-0.4, -0.2) is 4.98 Å². The lowest BCUT2D eigenvalue weighted by molar-refractivity contribution is 1.21. The molecule has 10 rings (SSSR count). The fourth-order valence-corrected chi connectivity index (χ4v) is 8.53. The van der Waals surface area contributed by atoms with Gasteiger partial charge in [0, 0.05) is 26.8 Å². The van der Waals surface area contributed by atoms with Crippen LogP contribution in [0.15, 0.2) is 182 Å². The topological polar surface area (TPSA) is 16.1 Å². The Balaban J connectivity index is 1.12. The lowest BCUT2D eigenvalue weighted by atomic mass is 9.91. The number of anilines is 3. The maximum atomic E-state index is 5.28. The highest BCUT2D eigenvalue weighted by molar-refractivity contribution is 7.25. The summed E-state index contributed by atoms with van der Waals surface area (Å²) >= 11 is 1.75. The Kier molecular flexibility index (Phi) is 6.71. The van der Waals surface area contributed by atoms with Crippen LogP contribution in [0.3, 0.4) is 0 Å². The van der Waals surface area contributed by atoms with E-state index in [0.717, 1.165) is 22.0 Å². The Morgan fingerprint density at radius 1 is 0.380 bits per heavy atom. The molecule has 0 bridgehead atoms. The molecule has 0 saturated heterocycles. The van der Waals surface area contributed by atoms with Crippen LogP contribution in [0, 0.1) is 0 Å². The number of fused-ring (bicyclic) bond motifs is 8. The molecule has 0 unspecified atom stereocenters. The molecule has 0 aliphatic rings. The summed E-state index contributed by atoms with van der Waals surface area (Å²) in [4.78, 5) is 8.59. The van der Waals surface area contributed by atoms with Crippen molar-refractivity contribution in [1.82, 2.24) is 4.98 Å². The fraction of sp³-hybridized carbons (Fsp3) is 0. The molecule has 0 saturated carbocycles. The van der Waals surface area contributed by atoms with Crippen LogP contribution < -0.4 is 4.90 Å². The normalized spacial score (nSPS) is 11.6. The average molecular weight is 655 g/mol. The molecule has 8 aromatic carbocycles. The fourth-order valence-electron chi connectivity index (χ4n) is 7.46. The van der Waals surface area contributed by atoms with Crippen molar-refractivity contribution in [2.45, 2.75) is 0 Å². The second-order valence-corrected chi connectivity index (χ2v) is 13.8. The van der Waals surface area contributed by atoms with E-state index in [4.69, 9.17) is 4.98 Å². The summed E-state index contributed by atoms with van der Waals surface area (Å²) < 4.78 is 1.26. The quantitative estimate of drug-likeness (QED) is 0.172. The SMILES string of the molecule is c1ccc(-c2ccc(N(c3ccc(-c4cc5c6ccccc6ccc5c5ccccc45)cc3)c3ccc4c(n3)sc3ccccc34)cc2)cc1. The second kappa shape index (κ2) is 11.7. The van der Waals surface area contributed by atoms with Crippen LogP contribution in [0.4, 0.5) is 17.2 Å². The van der Waals surface area contributed by atoms with Crippen LogP contribution in [0.25, 0.3) is 74.9 Å². The van der Waals surface area contributed by atoms with Gasteiger partial charge in [-0.3, -0.25) is 4.90 Å². The monoisotopic (exact) mass is 654 g/mol. The highest BCUT2D eigenvalue weighted by Crippen LogP contribution is 2.41. The molecule has 2 heterocycles. The van der Waals surface area contributed by atoms with Crippen molar-refractivity contribution in [3.63, 3.8) is 0 Å². The minimum atomic E-state index is 0.895. The van der Waals surface area contributed by atoms with Crippen molar-refractivity contribution < 1.29 is 0 Å². The van der Waals surface area contributed by atoms with Gasteiger partial charge in [0.25, 0.3) is 0 Å². The van der Waals surface area contributed by atoms with E-state index in [1.807, 2.05) is 0 Å². The van der Waals surface area contributed by atoms with Crippen molar-refractivity contribution in [3.05, 3.63) is 182 Å². The first-order valence-corrected chi connectivity index (χ1v) is 17.8. The Morgan fingerprint density at radius 3 is 1.74 bits per heavy atom. The van der Waals surface area contributed by atoms with Gasteiger partial charge in [0.2, 0.25) is 0 Å². The van der Waals surface area contributed by atoms with Crippen LogP contribution in [0.2, 0.25) is 0 Å². The van der Waals surface area contributed by atoms with Crippen molar-refractivity contribution in [2.75, 3.05) is 4.90 Å². The van der Waals surface area contributed by atoms with Gasteiger partial charge in [0.1, 0.15) is 10.6 Å². The first-order valence-electron chi connectivity index (χ1n) is 17.0. The highest BCUT2D eigenvalue weighted by Gasteiger charge is 2.18. The molecule has 0 N–H and O–H groups in total. The van der Waals surface area contributed by atoms with Crippen molar-refractivity contribution in [1.29, 1.82) is 0 Å². The number of pyridine rings is 1. The number of rotatable bonds is 5. The number of aromatic nitrogens is 1. The molecule has 0 atom stereocenters. The van der Waals surface area contributed by atoms with Gasteiger partial charge < -0.3 is 0 Å². The van der Waals surface area contributed by atoms with Gasteiger partial charge in [-0.15, -0.1) is 11.3 Å². The van der Waals surface area contributed by atoms with Gasteiger partial charge >= 0.3 is 0 Å².